The first-order valence-corrected chi connectivity index (χ1v) is 16.7. The van der Waals surface area contributed by atoms with Crippen LogP contribution >= 0.6 is 0 Å². The third kappa shape index (κ3) is 3.62. The molecule has 0 bridgehead atoms. The molecule has 1 heteroatoms. The van der Waals surface area contributed by atoms with Crippen LogP contribution in [0.15, 0.2) is 71.5 Å². The molecule has 0 aromatic heterocycles. The van der Waals surface area contributed by atoms with Gasteiger partial charge in [0, 0.05) is 23.1 Å². The van der Waals surface area contributed by atoms with Gasteiger partial charge in [-0.1, -0.05) is 79.0 Å². The summed E-state index contributed by atoms with van der Waals surface area (Å²) in [6.45, 7) is 0. The number of nitrogens with one attached hydrogen (secondary N) is 1. The van der Waals surface area contributed by atoms with Crippen LogP contribution in [0.2, 0.25) is 0 Å². The van der Waals surface area contributed by atoms with E-state index in [1.54, 1.807) is 0 Å². The largest absolute Gasteiger partial charge is 0.382 e. The van der Waals surface area contributed by atoms with Gasteiger partial charge in [-0.3, -0.25) is 0 Å². The molecule has 8 rings (SSSR count). The summed E-state index contributed by atoms with van der Waals surface area (Å²) in [4.78, 5) is 0. The summed E-state index contributed by atoms with van der Waals surface area (Å²) < 4.78 is 0. The second-order valence-corrected chi connectivity index (χ2v) is 14.4. The highest BCUT2D eigenvalue weighted by Crippen LogP contribution is 2.74. The van der Waals surface area contributed by atoms with Gasteiger partial charge < -0.3 is 5.32 Å². The van der Waals surface area contributed by atoms with Gasteiger partial charge in [-0.15, -0.1) is 0 Å². The van der Waals surface area contributed by atoms with E-state index in [2.05, 4.69) is 60.0 Å². The average Bonchev–Trinajstić information content (AvgIpc) is 3.45. The lowest BCUT2D eigenvalue weighted by molar-refractivity contribution is 0.0579. The molecule has 8 aliphatic carbocycles. The summed E-state index contributed by atoms with van der Waals surface area (Å²) in [6, 6.07) is 0.617. The highest BCUT2D eigenvalue weighted by atomic mass is 14.9. The summed E-state index contributed by atoms with van der Waals surface area (Å²) in [5.74, 6) is 6.65. The van der Waals surface area contributed by atoms with Crippen LogP contribution in [0.3, 0.4) is 0 Å². The molecule has 2 saturated carbocycles. The van der Waals surface area contributed by atoms with Crippen LogP contribution in [0.4, 0.5) is 0 Å². The van der Waals surface area contributed by atoms with Crippen LogP contribution in [0.5, 0.6) is 0 Å². The zero-order valence-corrected chi connectivity index (χ0v) is 23.5. The zero-order chi connectivity index (χ0) is 25.1. The highest BCUT2D eigenvalue weighted by Gasteiger charge is 2.67. The van der Waals surface area contributed by atoms with Crippen molar-refractivity contribution in [2.75, 3.05) is 0 Å². The Morgan fingerprint density at radius 2 is 1.42 bits per heavy atom. The van der Waals surface area contributed by atoms with Gasteiger partial charge in [0.1, 0.15) is 0 Å². The lowest BCUT2D eigenvalue weighted by Gasteiger charge is -2.49. The zero-order valence-electron chi connectivity index (χ0n) is 23.5. The molecule has 0 amide bonds. The van der Waals surface area contributed by atoms with E-state index in [0.717, 1.165) is 47.3 Å². The van der Waals surface area contributed by atoms with Crippen molar-refractivity contribution in [3.05, 3.63) is 71.5 Å². The average molecular weight is 508 g/mol. The molecule has 0 radical (unpaired) electrons. The van der Waals surface area contributed by atoms with Crippen molar-refractivity contribution >= 4 is 0 Å². The topological polar surface area (TPSA) is 12.0 Å². The van der Waals surface area contributed by atoms with E-state index in [0.29, 0.717) is 11.5 Å². The third-order valence-corrected chi connectivity index (χ3v) is 12.9. The Balaban J connectivity index is 1.12. The molecule has 0 aromatic rings. The molecule has 2 fully saturated rings. The van der Waals surface area contributed by atoms with Crippen LogP contribution in [0.1, 0.15) is 96.3 Å². The lowest BCUT2D eigenvalue weighted by atomic mass is 9.55. The number of allylic oxidation sites excluding steroid dienone is 10. The molecule has 0 aliphatic heterocycles. The Kier molecular flexibility index (Phi) is 6.15. The van der Waals surface area contributed by atoms with Crippen LogP contribution < -0.4 is 5.32 Å². The van der Waals surface area contributed by atoms with Gasteiger partial charge >= 0.3 is 0 Å². The Labute approximate surface area is 231 Å². The van der Waals surface area contributed by atoms with E-state index in [4.69, 9.17) is 0 Å². The fraction of sp³-hybridized carbons (Fsp3) is 0.676. The maximum absolute atomic E-state index is 4.17. The predicted molar refractivity (Wildman–Crippen MR) is 158 cm³/mol. The van der Waals surface area contributed by atoms with Crippen molar-refractivity contribution in [3.63, 3.8) is 0 Å². The molecule has 1 nitrogen and oxygen atoms in total. The normalized spacial score (nSPS) is 45.5. The van der Waals surface area contributed by atoms with Crippen molar-refractivity contribution in [2.45, 2.75) is 102 Å². The van der Waals surface area contributed by atoms with Crippen molar-refractivity contribution in [1.29, 1.82) is 0 Å². The molecular weight excluding hydrogens is 458 g/mol. The van der Waals surface area contributed by atoms with Gasteiger partial charge in [-0.05, 0) is 125 Å². The second-order valence-electron chi connectivity index (χ2n) is 14.4. The highest BCUT2D eigenvalue weighted by molar-refractivity contribution is 5.45. The molecule has 0 saturated heterocycles. The van der Waals surface area contributed by atoms with E-state index in [1.165, 1.54) is 102 Å². The Morgan fingerprint density at radius 1 is 0.711 bits per heavy atom. The minimum atomic E-state index is 0.470. The van der Waals surface area contributed by atoms with Crippen molar-refractivity contribution in [1.82, 2.24) is 5.32 Å². The Hall–Kier alpha value is -1.76. The molecule has 0 aromatic carbocycles. The number of hydrogen-bond donors (Lipinski definition) is 1. The summed E-state index contributed by atoms with van der Waals surface area (Å²) in [7, 11) is 0. The van der Waals surface area contributed by atoms with E-state index >= 15 is 0 Å². The number of fused-ring (bicyclic) bond motifs is 9. The SMILES string of the molecule is C1=CC2C3=C(CC(NC4=CC(C5CCCCC5)CC=C4)CC3)C3(C2CC1)C1CCC=CC1[C@H]1C=CCCC13. The Morgan fingerprint density at radius 3 is 2.18 bits per heavy atom. The molecule has 8 aliphatic rings. The quantitative estimate of drug-likeness (QED) is 0.375. The van der Waals surface area contributed by atoms with Crippen LogP contribution in [0, 0.1) is 52.8 Å². The fourth-order valence-corrected chi connectivity index (χ4v) is 11.7. The van der Waals surface area contributed by atoms with Gasteiger partial charge in [0.2, 0.25) is 0 Å². The Bertz CT molecular complexity index is 1080. The molecule has 8 unspecified atom stereocenters. The van der Waals surface area contributed by atoms with Gasteiger partial charge in [-0.2, -0.15) is 0 Å². The van der Waals surface area contributed by atoms with Gasteiger partial charge in [0.05, 0.1) is 0 Å². The molecular formula is C37H49N. The minimum Gasteiger partial charge on any atom is -0.382 e. The first-order chi connectivity index (χ1) is 18.8. The van der Waals surface area contributed by atoms with Crippen LogP contribution in [-0.2, 0) is 0 Å². The van der Waals surface area contributed by atoms with Gasteiger partial charge in [0.15, 0.2) is 0 Å². The maximum atomic E-state index is 4.17. The number of rotatable bonds is 3. The molecule has 0 heterocycles. The smallest absolute Gasteiger partial charge is 0.0301 e. The van der Waals surface area contributed by atoms with Gasteiger partial charge in [-0.25, -0.2) is 0 Å². The lowest BCUT2D eigenvalue weighted by Crippen LogP contribution is -2.44. The van der Waals surface area contributed by atoms with E-state index in [1.807, 2.05) is 11.1 Å². The molecule has 38 heavy (non-hydrogen) atoms. The first kappa shape index (κ1) is 24.1. The minimum absolute atomic E-state index is 0.470. The summed E-state index contributed by atoms with van der Waals surface area (Å²) >= 11 is 0. The third-order valence-electron chi connectivity index (χ3n) is 12.9. The van der Waals surface area contributed by atoms with Gasteiger partial charge in [0.25, 0.3) is 0 Å². The van der Waals surface area contributed by atoms with E-state index in [-0.39, 0.29) is 0 Å². The fourth-order valence-electron chi connectivity index (χ4n) is 11.7. The maximum Gasteiger partial charge on any atom is 0.0301 e. The van der Waals surface area contributed by atoms with Crippen molar-refractivity contribution < 1.29 is 0 Å². The number of hydrogen-bond acceptors (Lipinski definition) is 1. The molecule has 1 N–H and O–H groups in total. The van der Waals surface area contributed by atoms with Crippen LogP contribution in [-0.4, -0.2) is 6.04 Å². The monoisotopic (exact) mass is 507 g/mol. The molecule has 9 atom stereocenters. The second kappa shape index (κ2) is 9.71. The summed E-state index contributed by atoms with van der Waals surface area (Å²) in [5, 5.41) is 4.17. The standard InChI is InChI=1S/C37H49N/c1-2-11-25(12-3-1)26-13-10-14-27(23-26)38-28-21-22-32-31-17-6-9-20-35(31)37(36(32)24-28)33-18-7-4-15-29(33)30-16-5-8-19-34(30)37/h4-6,10,14-17,23,25-26,28-31,33-35,38H,1-3,7-9,11-13,18-22,24H2/t26?,28?,29-,30?,31?,33?,34?,35?,37?/m1/s1. The summed E-state index contributed by atoms with van der Waals surface area (Å²) in [6.07, 6.45) is 44.0. The van der Waals surface area contributed by atoms with E-state index < -0.39 is 0 Å². The first-order valence-electron chi connectivity index (χ1n) is 16.7. The van der Waals surface area contributed by atoms with Crippen molar-refractivity contribution in [2.24, 2.45) is 52.8 Å². The molecule has 1 spiro atoms. The summed E-state index contributed by atoms with van der Waals surface area (Å²) in [5.41, 5.74) is 5.83. The molecule has 202 valence electrons. The predicted octanol–water partition coefficient (Wildman–Crippen LogP) is 9.23. The van der Waals surface area contributed by atoms with Crippen LogP contribution in [0.25, 0.3) is 0 Å². The van der Waals surface area contributed by atoms with Crippen molar-refractivity contribution in [3.8, 4) is 0 Å². The van der Waals surface area contributed by atoms with E-state index in [9.17, 15) is 0 Å².